The lowest BCUT2D eigenvalue weighted by atomic mass is 10.0. The molecule has 1 heterocycles. The molecule has 3 rings (SSSR count). The molecule has 0 saturated carbocycles. The number of carbonyl (C=O) groups excluding carboxylic acids is 2. The molecule has 0 radical (unpaired) electrons. The number of thioether (sulfide) groups is 1. The molecule has 26 heavy (non-hydrogen) atoms. The second-order valence-electron chi connectivity index (χ2n) is 6.01. The molecular weight excluding hydrogens is 352 g/mol. The maximum absolute atomic E-state index is 12.5. The lowest BCUT2D eigenvalue weighted by Gasteiger charge is -2.14. The van der Waals surface area contributed by atoms with Crippen LogP contribution in [-0.2, 0) is 4.79 Å². The normalized spacial score (nSPS) is 13.6. The van der Waals surface area contributed by atoms with Gasteiger partial charge in [0.25, 0.3) is 5.69 Å². The van der Waals surface area contributed by atoms with Crippen molar-refractivity contribution in [1.29, 1.82) is 0 Å². The van der Waals surface area contributed by atoms with Gasteiger partial charge >= 0.3 is 0 Å². The molecule has 0 spiro atoms. The van der Waals surface area contributed by atoms with Crippen molar-refractivity contribution in [3.8, 4) is 0 Å². The Labute approximate surface area is 155 Å². The molecule has 1 aliphatic rings. The largest absolute Gasteiger partial charge is 0.342 e. The second-order valence-corrected chi connectivity index (χ2v) is 7.03. The summed E-state index contributed by atoms with van der Waals surface area (Å²) in [4.78, 5) is 37.7. The average molecular weight is 370 g/mol. The number of likely N-dealkylation sites (tertiary alicyclic amines) is 1. The Balaban J connectivity index is 1.77. The molecule has 0 aliphatic carbocycles. The molecule has 0 N–H and O–H groups in total. The zero-order chi connectivity index (χ0) is 18.5. The SMILES string of the molecule is O=C(c1ccccc1)c1ccc(SCC(=O)N2CCCC2)c([N+](=O)[O-])c1. The van der Waals surface area contributed by atoms with Gasteiger partial charge in [-0.15, -0.1) is 11.8 Å². The summed E-state index contributed by atoms with van der Waals surface area (Å²) in [5.74, 6) is -0.114. The minimum Gasteiger partial charge on any atom is -0.342 e. The van der Waals surface area contributed by atoms with Crippen LogP contribution in [0.5, 0.6) is 0 Å². The van der Waals surface area contributed by atoms with E-state index in [9.17, 15) is 19.7 Å². The van der Waals surface area contributed by atoms with Gasteiger partial charge in [-0.25, -0.2) is 0 Å². The minimum absolute atomic E-state index is 0.00811. The van der Waals surface area contributed by atoms with E-state index in [0.717, 1.165) is 37.7 Å². The van der Waals surface area contributed by atoms with Crippen molar-refractivity contribution in [3.63, 3.8) is 0 Å². The standard InChI is InChI=1S/C19H18N2O4S/c22-18(20-10-4-5-11-20)13-26-17-9-8-15(12-16(17)21(24)25)19(23)14-6-2-1-3-7-14/h1-3,6-9,12H,4-5,10-11,13H2. The average Bonchev–Trinajstić information content (AvgIpc) is 3.21. The predicted molar refractivity (Wildman–Crippen MR) is 99.5 cm³/mol. The lowest BCUT2D eigenvalue weighted by Crippen LogP contribution is -2.29. The van der Waals surface area contributed by atoms with Crippen molar-refractivity contribution >= 4 is 29.1 Å². The van der Waals surface area contributed by atoms with Crippen LogP contribution in [0.4, 0.5) is 5.69 Å². The fraction of sp³-hybridized carbons (Fsp3) is 0.263. The molecule has 0 aromatic heterocycles. The summed E-state index contributed by atoms with van der Waals surface area (Å²) in [7, 11) is 0. The number of ketones is 1. The first-order valence-electron chi connectivity index (χ1n) is 8.35. The quantitative estimate of drug-likeness (QED) is 0.336. The van der Waals surface area contributed by atoms with Crippen molar-refractivity contribution in [2.24, 2.45) is 0 Å². The number of benzene rings is 2. The molecule has 1 aliphatic heterocycles. The molecule has 1 amide bonds. The van der Waals surface area contributed by atoms with Crippen molar-refractivity contribution < 1.29 is 14.5 Å². The van der Waals surface area contributed by atoms with Crippen LogP contribution in [0.2, 0.25) is 0 Å². The van der Waals surface area contributed by atoms with E-state index in [1.54, 1.807) is 47.4 Å². The van der Waals surface area contributed by atoms with Gasteiger partial charge in [-0.1, -0.05) is 30.3 Å². The van der Waals surface area contributed by atoms with Gasteiger partial charge in [0.2, 0.25) is 5.91 Å². The smallest absolute Gasteiger partial charge is 0.283 e. The fourth-order valence-electron chi connectivity index (χ4n) is 2.88. The molecule has 0 bridgehead atoms. The Kier molecular flexibility index (Phi) is 5.68. The topological polar surface area (TPSA) is 80.5 Å². The van der Waals surface area contributed by atoms with E-state index in [2.05, 4.69) is 0 Å². The Bertz CT molecular complexity index is 833. The second kappa shape index (κ2) is 8.14. The van der Waals surface area contributed by atoms with E-state index in [4.69, 9.17) is 0 Å². The molecule has 1 fully saturated rings. The third-order valence-electron chi connectivity index (χ3n) is 4.26. The number of rotatable bonds is 6. The fourth-order valence-corrected chi connectivity index (χ4v) is 3.78. The molecule has 2 aromatic rings. The first kappa shape index (κ1) is 18.1. The minimum atomic E-state index is -0.509. The number of nitrogens with zero attached hydrogens (tertiary/aromatic N) is 2. The van der Waals surface area contributed by atoms with E-state index in [1.165, 1.54) is 6.07 Å². The summed E-state index contributed by atoms with van der Waals surface area (Å²) in [6, 6.07) is 13.1. The van der Waals surface area contributed by atoms with Crippen molar-refractivity contribution in [2.75, 3.05) is 18.8 Å². The highest BCUT2D eigenvalue weighted by molar-refractivity contribution is 8.00. The summed E-state index contributed by atoms with van der Waals surface area (Å²) in [5.41, 5.74) is 0.593. The van der Waals surface area contributed by atoms with Crippen molar-refractivity contribution in [3.05, 3.63) is 69.8 Å². The lowest BCUT2D eigenvalue weighted by molar-refractivity contribution is -0.387. The van der Waals surface area contributed by atoms with E-state index in [1.807, 2.05) is 0 Å². The zero-order valence-corrected chi connectivity index (χ0v) is 14.9. The Morgan fingerprint density at radius 1 is 1.04 bits per heavy atom. The maximum atomic E-state index is 12.5. The third kappa shape index (κ3) is 4.11. The number of carbonyl (C=O) groups is 2. The number of hydrogen-bond donors (Lipinski definition) is 0. The molecule has 0 unspecified atom stereocenters. The summed E-state index contributed by atoms with van der Waals surface area (Å²) in [5, 5.41) is 11.4. The van der Waals surface area contributed by atoms with Gasteiger partial charge < -0.3 is 4.90 Å². The molecule has 2 aromatic carbocycles. The number of amides is 1. The molecule has 6 nitrogen and oxygen atoms in total. The van der Waals surface area contributed by atoms with Gasteiger partial charge in [0.1, 0.15) is 0 Å². The summed E-state index contributed by atoms with van der Waals surface area (Å²) >= 11 is 1.14. The zero-order valence-electron chi connectivity index (χ0n) is 14.1. The van der Waals surface area contributed by atoms with Crippen LogP contribution in [0.15, 0.2) is 53.4 Å². The Morgan fingerprint density at radius 3 is 2.38 bits per heavy atom. The monoisotopic (exact) mass is 370 g/mol. The van der Waals surface area contributed by atoms with Gasteiger partial charge in [-0.05, 0) is 25.0 Å². The molecule has 1 saturated heterocycles. The van der Waals surface area contributed by atoms with Crippen LogP contribution in [0.3, 0.4) is 0 Å². The molecule has 7 heteroatoms. The van der Waals surface area contributed by atoms with Crippen LogP contribution in [-0.4, -0.2) is 40.4 Å². The number of hydrogen-bond acceptors (Lipinski definition) is 5. The van der Waals surface area contributed by atoms with Crippen LogP contribution < -0.4 is 0 Å². The van der Waals surface area contributed by atoms with Crippen LogP contribution in [0, 0.1) is 10.1 Å². The van der Waals surface area contributed by atoms with Gasteiger partial charge in [-0.2, -0.15) is 0 Å². The first-order valence-corrected chi connectivity index (χ1v) is 9.33. The van der Waals surface area contributed by atoms with Gasteiger partial charge in [-0.3, -0.25) is 19.7 Å². The van der Waals surface area contributed by atoms with Crippen molar-refractivity contribution in [1.82, 2.24) is 4.90 Å². The van der Waals surface area contributed by atoms with Crippen LogP contribution in [0.25, 0.3) is 0 Å². The first-order chi connectivity index (χ1) is 12.6. The van der Waals surface area contributed by atoms with Gasteiger partial charge in [0.05, 0.1) is 15.6 Å². The highest BCUT2D eigenvalue weighted by Crippen LogP contribution is 2.31. The van der Waals surface area contributed by atoms with E-state index < -0.39 is 4.92 Å². The van der Waals surface area contributed by atoms with E-state index in [-0.39, 0.29) is 28.7 Å². The maximum Gasteiger partial charge on any atom is 0.283 e. The highest BCUT2D eigenvalue weighted by Gasteiger charge is 2.22. The van der Waals surface area contributed by atoms with Crippen LogP contribution >= 0.6 is 11.8 Å². The number of nitro benzene ring substituents is 1. The van der Waals surface area contributed by atoms with Crippen molar-refractivity contribution in [2.45, 2.75) is 17.7 Å². The molecule has 134 valence electrons. The Hall–Kier alpha value is -2.67. The molecule has 0 atom stereocenters. The Morgan fingerprint density at radius 2 is 1.73 bits per heavy atom. The van der Waals surface area contributed by atoms with E-state index in [0.29, 0.717) is 10.5 Å². The summed E-state index contributed by atoms with van der Waals surface area (Å²) in [6.45, 7) is 1.51. The van der Waals surface area contributed by atoms with E-state index >= 15 is 0 Å². The van der Waals surface area contributed by atoms with Gasteiger partial charge in [0.15, 0.2) is 5.78 Å². The molecular formula is C19H18N2O4S. The summed E-state index contributed by atoms with van der Waals surface area (Å²) < 4.78 is 0. The highest BCUT2D eigenvalue weighted by atomic mass is 32.2. The van der Waals surface area contributed by atoms with Gasteiger partial charge in [0, 0.05) is 30.3 Å². The predicted octanol–water partition coefficient (Wildman–Crippen LogP) is 3.54. The number of nitro groups is 1. The van der Waals surface area contributed by atoms with Crippen LogP contribution in [0.1, 0.15) is 28.8 Å². The summed E-state index contributed by atoms with van der Waals surface area (Å²) in [6.07, 6.45) is 2.01. The third-order valence-corrected chi connectivity index (χ3v) is 5.31.